The molecule has 0 aliphatic rings. The fourth-order valence-corrected chi connectivity index (χ4v) is 3.63. The van der Waals surface area contributed by atoms with Crippen LogP contribution in [0, 0.1) is 0 Å². The van der Waals surface area contributed by atoms with Crippen molar-refractivity contribution in [2.45, 2.75) is 46.2 Å². The molecule has 1 atom stereocenters. The van der Waals surface area contributed by atoms with Gasteiger partial charge in [0.1, 0.15) is 11.8 Å². The Morgan fingerprint density at radius 2 is 1.67 bits per heavy atom. The maximum Gasteiger partial charge on any atom is 0.261 e. The third kappa shape index (κ3) is 6.38. The number of likely N-dealkylation sites (N-methyl/N-ethyl adjacent to an activating group) is 1. The number of carbonyl (C=O) groups excluding carboxylic acids is 2. The van der Waals surface area contributed by atoms with Gasteiger partial charge in [0.2, 0.25) is 5.91 Å². The van der Waals surface area contributed by atoms with Crippen molar-refractivity contribution >= 4 is 35.0 Å². The van der Waals surface area contributed by atoms with Gasteiger partial charge in [0.25, 0.3) is 5.91 Å². The fraction of sp³-hybridized carbons (Fsp3) is 0.391. The monoisotopic (exact) mass is 450 g/mol. The minimum atomic E-state index is -0.657. The van der Waals surface area contributed by atoms with Gasteiger partial charge in [-0.2, -0.15) is 0 Å². The highest BCUT2D eigenvalue weighted by molar-refractivity contribution is 6.36. The van der Waals surface area contributed by atoms with Crippen LogP contribution < -0.4 is 10.1 Å². The maximum atomic E-state index is 13.1. The lowest BCUT2D eigenvalue weighted by atomic mass is 10.1. The summed E-state index contributed by atoms with van der Waals surface area (Å²) in [4.78, 5) is 27.2. The number of nitrogens with zero attached hydrogens (tertiary/aromatic N) is 1. The normalized spacial score (nSPS) is 11.6. The zero-order chi connectivity index (χ0) is 22.1. The first-order valence-electron chi connectivity index (χ1n) is 10.1. The number of amides is 2. The van der Waals surface area contributed by atoms with Crippen molar-refractivity contribution < 1.29 is 14.3 Å². The number of ether oxygens (including phenoxy) is 1. The first-order chi connectivity index (χ1) is 14.4. The summed E-state index contributed by atoms with van der Waals surface area (Å²) in [6.45, 7) is 6.17. The SMILES string of the molecule is CCNC(=O)[C@H](CC)N(Cc1c(Cl)cccc1Cl)C(=O)COc1ccc(CC)cc1. The van der Waals surface area contributed by atoms with Gasteiger partial charge in [-0.1, -0.05) is 55.2 Å². The smallest absolute Gasteiger partial charge is 0.261 e. The van der Waals surface area contributed by atoms with Crippen LogP contribution in [0.5, 0.6) is 5.75 Å². The molecule has 0 saturated carbocycles. The van der Waals surface area contributed by atoms with Crippen LogP contribution in [0.15, 0.2) is 42.5 Å². The molecule has 0 unspecified atom stereocenters. The Kier molecular flexibility index (Phi) is 9.47. The third-order valence-corrected chi connectivity index (χ3v) is 5.53. The molecule has 0 aliphatic heterocycles. The molecule has 0 aliphatic carbocycles. The zero-order valence-electron chi connectivity index (χ0n) is 17.6. The van der Waals surface area contributed by atoms with Gasteiger partial charge in [-0.25, -0.2) is 0 Å². The summed E-state index contributed by atoms with van der Waals surface area (Å²) in [5, 5.41) is 3.69. The second kappa shape index (κ2) is 11.8. The number of hydrogen-bond acceptors (Lipinski definition) is 3. The van der Waals surface area contributed by atoms with Gasteiger partial charge in [0.15, 0.2) is 6.61 Å². The van der Waals surface area contributed by atoms with Gasteiger partial charge in [-0.3, -0.25) is 9.59 Å². The van der Waals surface area contributed by atoms with Crippen LogP contribution in [-0.4, -0.2) is 35.9 Å². The van der Waals surface area contributed by atoms with Gasteiger partial charge in [0, 0.05) is 28.7 Å². The Hall–Kier alpha value is -2.24. The van der Waals surface area contributed by atoms with Crippen LogP contribution in [0.2, 0.25) is 10.0 Å². The predicted molar refractivity (Wildman–Crippen MR) is 121 cm³/mol. The first-order valence-corrected chi connectivity index (χ1v) is 10.9. The van der Waals surface area contributed by atoms with Crippen LogP contribution in [0.3, 0.4) is 0 Å². The topological polar surface area (TPSA) is 58.6 Å². The number of halogens is 2. The van der Waals surface area contributed by atoms with Gasteiger partial charge in [-0.15, -0.1) is 0 Å². The molecule has 2 aromatic carbocycles. The number of carbonyl (C=O) groups is 2. The summed E-state index contributed by atoms with van der Waals surface area (Å²) in [6, 6.07) is 12.1. The highest BCUT2D eigenvalue weighted by atomic mass is 35.5. The minimum absolute atomic E-state index is 0.116. The summed E-state index contributed by atoms with van der Waals surface area (Å²) in [5.41, 5.74) is 1.79. The van der Waals surface area contributed by atoms with E-state index in [1.807, 2.05) is 38.1 Å². The summed E-state index contributed by atoms with van der Waals surface area (Å²) in [6.07, 6.45) is 1.38. The summed E-state index contributed by atoms with van der Waals surface area (Å²) in [5.74, 6) is 0.0646. The van der Waals surface area contributed by atoms with Crippen LogP contribution in [-0.2, 0) is 22.6 Å². The van der Waals surface area contributed by atoms with Gasteiger partial charge in [-0.05, 0) is 49.6 Å². The Balaban J connectivity index is 2.24. The quantitative estimate of drug-likeness (QED) is 0.560. The molecule has 0 spiro atoms. The highest BCUT2D eigenvalue weighted by Gasteiger charge is 2.29. The Labute approximate surface area is 188 Å². The van der Waals surface area contributed by atoms with E-state index in [0.717, 1.165) is 6.42 Å². The molecule has 0 radical (unpaired) electrons. The molecule has 0 bridgehead atoms. The largest absolute Gasteiger partial charge is 0.484 e. The molecular weight excluding hydrogens is 423 g/mol. The number of rotatable bonds is 10. The molecule has 5 nitrogen and oxygen atoms in total. The second-order valence-electron chi connectivity index (χ2n) is 6.83. The number of nitrogens with one attached hydrogen (secondary N) is 1. The molecule has 2 aromatic rings. The van der Waals surface area contributed by atoms with Crippen LogP contribution in [0.1, 0.15) is 38.3 Å². The van der Waals surface area contributed by atoms with Crippen molar-refractivity contribution in [1.29, 1.82) is 0 Å². The van der Waals surface area contributed by atoms with E-state index in [1.54, 1.807) is 18.2 Å². The number of hydrogen-bond donors (Lipinski definition) is 1. The van der Waals surface area contributed by atoms with E-state index in [9.17, 15) is 9.59 Å². The maximum absolute atomic E-state index is 13.1. The van der Waals surface area contributed by atoms with E-state index < -0.39 is 6.04 Å². The van der Waals surface area contributed by atoms with Crippen molar-refractivity contribution in [2.24, 2.45) is 0 Å². The molecule has 2 amide bonds. The second-order valence-corrected chi connectivity index (χ2v) is 7.64. The average Bonchev–Trinajstić information content (AvgIpc) is 2.74. The number of aryl methyl sites for hydroxylation is 1. The van der Waals surface area contributed by atoms with Crippen LogP contribution in [0.25, 0.3) is 0 Å². The predicted octanol–water partition coefficient (Wildman–Crippen LogP) is 4.88. The molecule has 162 valence electrons. The Morgan fingerprint density at radius 1 is 1.03 bits per heavy atom. The van der Waals surface area contributed by atoms with E-state index in [4.69, 9.17) is 27.9 Å². The van der Waals surface area contributed by atoms with E-state index in [2.05, 4.69) is 12.2 Å². The zero-order valence-corrected chi connectivity index (χ0v) is 19.1. The molecule has 2 rings (SSSR count). The molecule has 7 heteroatoms. The van der Waals surface area contributed by atoms with Crippen molar-refractivity contribution in [2.75, 3.05) is 13.2 Å². The van der Waals surface area contributed by atoms with Crippen molar-refractivity contribution in [1.82, 2.24) is 10.2 Å². The molecule has 0 aromatic heterocycles. The van der Waals surface area contributed by atoms with E-state index >= 15 is 0 Å². The first kappa shape index (κ1) is 24.0. The summed E-state index contributed by atoms with van der Waals surface area (Å²) < 4.78 is 5.69. The van der Waals surface area contributed by atoms with Crippen LogP contribution >= 0.6 is 23.2 Å². The van der Waals surface area contributed by atoms with E-state index in [0.29, 0.717) is 34.3 Å². The van der Waals surface area contributed by atoms with E-state index in [1.165, 1.54) is 10.5 Å². The van der Waals surface area contributed by atoms with Crippen molar-refractivity contribution in [3.63, 3.8) is 0 Å². The van der Waals surface area contributed by atoms with Crippen molar-refractivity contribution in [3.8, 4) is 5.75 Å². The lowest BCUT2D eigenvalue weighted by Gasteiger charge is -2.31. The van der Waals surface area contributed by atoms with Gasteiger partial charge < -0.3 is 15.0 Å². The summed E-state index contributed by atoms with van der Waals surface area (Å²) in [7, 11) is 0. The Morgan fingerprint density at radius 3 is 2.20 bits per heavy atom. The molecule has 1 N–H and O–H groups in total. The molecule has 30 heavy (non-hydrogen) atoms. The molecule has 0 heterocycles. The Bertz CT molecular complexity index is 836. The van der Waals surface area contributed by atoms with E-state index in [-0.39, 0.29) is 25.0 Å². The fourth-order valence-electron chi connectivity index (χ4n) is 3.11. The molecule has 0 fully saturated rings. The molecule has 0 saturated heterocycles. The lowest BCUT2D eigenvalue weighted by molar-refractivity contribution is -0.142. The standard InChI is InChI=1S/C23H28Cl2N2O3/c1-4-16-10-12-17(13-11-16)30-15-22(28)27(21(5-2)23(29)26-6-3)14-18-19(24)8-7-9-20(18)25/h7-13,21H,4-6,14-15H2,1-3H3,(H,26,29)/t21-/m0/s1. The van der Waals surface area contributed by atoms with Crippen molar-refractivity contribution in [3.05, 3.63) is 63.6 Å². The lowest BCUT2D eigenvalue weighted by Crippen LogP contribution is -2.50. The van der Waals surface area contributed by atoms with Gasteiger partial charge in [0.05, 0.1) is 0 Å². The highest BCUT2D eigenvalue weighted by Crippen LogP contribution is 2.27. The van der Waals surface area contributed by atoms with Crippen LogP contribution in [0.4, 0.5) is 0 Å². The third-order valence-electron chi connectivity index (χ3n) is 4.82. The van der Waals surface area contributed by atoms with Gasteiger partial charge >= 0.3 is 0 Å². The summed E-state index contributed by atoms with van der Waals surface area (Å²) >= 11 is 12.6. The minimum Gasteiger partial charge on any atom is -0.484 e. The average molecular weight is 451 g/mol. The molecular formula is C23H28Cl2N2O3. The number of benzene rings is 2.